The molecule has 0 unspecified atom stereocenters. The first kappa shape index (κ1) is 19.8. The van der Waals surface area contributed by atoms with Crippen molar-refractivity contribution in [2.24, 2.45) is 0 Å². The fraction of sp³-hybridized carbons (Fsp3) is 0.200. The Hall–Kier alpha value is -2.97. The Kier molecular flexibility index (Phi) is 5.35. The van der Waals surface area contributed by atoms with Crippen LogP contribution in [-0.4, -0.2) is 23.9 Å². The number of nitrogens with one attached hydrogen (secondary N) is 2. The van der Waals surface area contributed by atoms with E-state index < -0.39 is 15.9 Å². The van der Waals surface area contributed by atoms with Gasteiger partial charge in [-0.2, -0.15) is 0 Å². The van der Waals surface area contributed by atoms with E-state index in [1.807, 2.05) is 50.2 Å². The van der Waals surface area contributed by atoms with Gasteiger partial charge in [0.25, 0.3) is 15.9 Å². The lowest BCUT2D eigenvalue weighted by Crippen LogP contribution is -2.42. The van der Waals surface area contributed by atoms with Gasteiger partial charge in [-0.15, -0.1) is 4.83 Å². The maximum absolute atomic E-state index is 12.9. The van der Waals surface area contributed by atoms with E-state index in [0.29, 0.717) is 11.1 Å². The van der Waals surface area contributed by atoms with Gasteiger partial charge in [-0.1, -0.05) is 24.3 Å². The normalized spacial score (nSPS) is 11.4. The van der Waals surface area contributed by atoms with E-state index in [2.05, 4.69) is 15.2 Å². The SMILES string of the molecule is Cc1cc(C)c(C)c(S(=O)(=O)NNC(=O)c2cncn2-c2ccccc2)c1C. The second-order valence-corrected chi connectivity index (χ2v) is 8.25. The van der Waals surface area contributed by atoms with Gasteiger partial charge in [0, 0.05) is 5.69 Å². The summed E-state index contributed by atoms with van der Waals surface area (Å²) in [4.78, 5) is 19.0. The van der Waals surface area contributed by atoms with Crippen LogP contribution in [0.25, 0.3) is 5.69 Å². The highest BCUT2D eigenvalue weighted by molar-refractivity contribution is 7.89. The van der Waals surface area contributed by atoms with Gasteiger partial charge in [0.2, 0.25) is 0 Å². The molecule has 0 atom stereocenters. The Labute approximate surface area is 164 Å². The number of benzene rings is 2. The zero-order chi connectivity index (χ0) is 20.5. The molecule has 3 rings (SSSR count). The summed E-state index contributed by atoms with van der Waals surface area (Å²) in [5.74, 6) is -0.607. The second-order valence-electron chi connectivity index (χ2n) is 6.63. The van der Waals surface area contributed by atoms with E-state index in [9.17, 15) is 13.2 Å². The molecule has 0 bridgehead atoms. The van der Waals surface area contributed by atoms with E-state index in [1.54, 1.807) is 18.4 Å². The predicted molar refractivity (Wildman–Crippen MR) is 107 cm³/mol. The molecule has 3 aromatic rings. The summed E-state index contributed by atoms with van der Waals surface area (Å²) in [5.41, 5.74) is 6.29. The molecule has 0 radical (unpaired) electrons. The molecule has 28 heavy (non-hydrogen) atoms. The molecule has 2 aromatic carbocycles. The van der Waals surface area contributed by atoms with Crippen molar-refractivity contribution in [1.29, 1.82) is 0 Å². The van der Waals surface area contributed by atoms with Crippen LogP contribution in [0.3, 0.4) is 0 Å². The third-order valence-corrected chi connectivity index (χ3v) is 6.29. The minimum absolute atomic E-state index is 0.182. The van der Waals surface area contributed by atoms with Gasteiger partial charge in [-0.3, -0.25) is 14.8 Å². The monoisotopic (exact) mass is 398 g/mol. The fourth-order valence-electron chi connectivity index (χ4n) is 3.07. The van der Waals surface area contributed by atoms with Crippen LogP contribution in [0.5, 0.6) is 0 Å². The van der Waals surface area contributed by atoms with E-state index in [-0.39, 0.29) is 10.6 Å². The van der Waals surface area contributed by atoms with Crippen molar-refractivity contribution >= 4 is 15.9 Å². The largest absolute Gasteiger partial charge is 0.295 e. The predicted octanol–water partition coefficient (Wildman–Crippen LogP) is 2.73. The standard InChI is InChI=1S/C20H22N4O3S/c1-13-10-14(2)16(4)19(15(13)3)28(26,27)23-22-20(25)18-11-21-12-24(18)17-8-6-5-7-9-17/h5-12,23H,1-4H3,(H,22,25). The third-order valence-electron chi connectivity index (χ3n) is 4.77. The number of hydrogen-bond donors (Lipinski definition) is 2. The Morgan fingerprint density at radius 2 is 1.61 bits per heavy atom. The first-order valence-corrected chi connectivity index (χ1v) is 10.2. The molecule has 0 aliphatic carbocycles. The van der Waals surface area contributed by atoms with Crippen molar-refractivity contribution in [2.75, 3.05) is 0 Å². The van der Waals surface area contributed by atoms with Gasteiger partial charge in [-0.05, 0) is 62.1 Å². The van der Waals surface area contributed by atoms with Gasteiger partial charge in [0.05, 0.1) is 17.4 Å². The first-order chi connectivity index (χ1) is 13.2. The Balaban J connectivity index is 1.86. The highest BCUT2D eigenvalue weighted by Crippen LogP contribution is 2.25. The summed E-state index contributed by atoms with van der Waals surface area (Å²) >= 11 is 0. The van der Waals surface area contributed by atoms with Crippen molar-refractivity contribution in [1.82, 2.24) is 19.8 Å². The highest BCUT2D eigenvalue weighted by Gasteiger charge is 2.23. The molecule has 146 valence electrons. The van der Waals surface area contributed by atoms with Gasteiger partial charge in [0.15, 0.2) is 0 Å². The number of aromatic nitrogens is 2. The number of hydrazine groups is 1. The second kappa shape index (κ2) is 7.57. The third kappa shape index (κ3) is 3.69. The Morgan fingerprint density at radius 3 is 2.21 bits per heavy atom. The van der Waals surface area contributed by atoms with E-state index in [1.165, 1.54) is 12.5 Å². The summed E-state index contributed by atoms with van der Waals surface area (Å²) in [6.07, 6.45) is 2.88. The topological polar surface area (TPSA) is 93.1 Å². The lowest BCUT2D eigenvalue weighted by molar-refractivity contribution is 0.0938. The van der Waals surface area contributed by atoms with E-state index in [4.69, 9.17) is 0 Å². The molecule has 1 aromatic heterocycles. The minimum atomic E-state index is -3.94. The number of carbonyl (C=O) groups is 1. The van der Waals surface area contributed by atoms with Crippen LogP contribution in [0.15, 0.2) is 53.8 Å². The summed E-state index contributed by atoms with van der Waals surface area (Å²) < 4.78 is 27.3. The molecule has 0 spiro atoms. The highest BCUT2D eigenvalue weighted by atomic mass is 32.2. The van der Waals surface area contributed by atoms with Crippen LogP contribution in [0.4, 0.5) is 0 Å². The molecular formula is C20H22N4O3S. The van der Waals surface area contributed by atoms with Crippen LogP contribution in [0, 0.1) is 27.7 Å². The van der Waals surface area contributed by atoms with Gasteiger partial charge >= 0.3 is 0 Å². The number of carbonyl (C=O) groups excluding carboxylic acids is 1. The van der Waals surface area contributed by atoms with Crippen molar-refractivity contribution in [3.05, 3.63) is 76.9 Å². The number of nitrogens with zero attached hydrogens (tertiary/aromatic N) is 2. The molecule has 0 aliphatic rings. The van der Waals surface area contributed by atoms with E-state index >= 15 is 0 Å². The first-order valence-electron chi connectivity index (χ1n) is 8.69. The number of imidazole rings is 1. The number of amides is 1. The Bertz CT molecular complexity index is 1110. The van der Waals surface area contributed by atoms with Gasteiger partial charge in [0.1, 0.15) is 5.69 Å². The molecule has 0 saturated heterocycles. The number of para-hydroxylation sites is 1. The number of sulfonamides is 1. The molecule has 0 saturated carbocycles. The van der Waals surface area contributed by atoms with Gasteiger partial charge in [-0.25, -0.2) is 13.4 Å². The molecule has 7 nitrogen and oxygen atoms in total. The van der Waals surface area contributed by atoms with Crippen LogP contribution >= 0.6 is 0 Å². The van der Waals surface area contributed by atoms with Crippen molar-refractivity contribution in [2.45, 2.75) is 32.6 Å². The quantitative estimate of drug-likeness (QED) is 0.646. The summed E-state index contributed by atoms with van der Waals surface area (Å²) in [7, 11) is -3.94. The Morgan fingerprint density at radius 1 is 1.00 bits per heavy atom. The van der Waals surface area contributed by atoms with E-state index in [0.717, 1.165) is 16.8 Å². The molecule has 8 heteroatoms. The van der Waals surface area contributed by atoms with Crippen LogP contribution in [0.2, 0.25) is 0 Å². The molecule has 1 heterocycles. The maximum atomic E-state index is 12.9. The van der Waals surface area contributed by atoms with Crippen LogP contribution in [-0.2, 0) is 10.0 Å². The van der Waals surface area contributed by atoms with Crippen molar-refractivity contribution in [3.8, 4) is 5.69 Å². The molecule has 2 N–H and O–H groups in total. The summed E-state index contributed by atoms with van der Waals surface area (Å²) in [6, 6.07) is 11.1. The zero-order valence-electron chi connectivity index (χ0n) is 16.1. The molecule has 0 fully saturated rings. The van der Waals surface area contributed by atoms with Crippen LogP contribution in [0.1, 0.15) is 32.7 Å². The number of hydrogen-bond acceptors (Lipinski definition) is 4. The van der Waals surface area contributed by atoms with Crippen LogP contribution < -0.4 is 10.3 Å². The zero-order valence-corrected chi connectivity index (χ0v) is 17.0. The fourth-order valence-corrected chi connectivity index (χ4v) is 4.53. The molecule has 0 aliphatic heterocycles. The average Bonchev–Trinajstić information content (AvgIpc) is 3.15. The maximum Gasteiger partial charge on any atom is 0.284 e. The number of rotatable bonds is 5. The summed E-state index contributed by atoms with van der Waals surface area (Å²) in [5, 5.41) is 0. The molecular weight excluding hydrogens is 376 g/mol. The average molecular weight is 398 g/mol. The smallest absolute Gasteiger partial charge is 0.284 e. The number of aryl methyl sites for hydroxylation is 2. The lowest BCUT2D eigenvalue weighted by Gasteiger charge is -2.16. The lowest BCUT2D eigenvalue weighted by atomic mass is 10.0. The van der Waals surface area contributed by atoms with Crippen molar-refractivity contribution < 1.29 is 13.2 Å². The van der Waals surface area contributed by atoms with Crippen molar-refractivity contribution in [3.63, 3.8) is 0 Å². The van der Waals surface area contributed by atoms with Gasteiger partial charge < -0.3 is 0 Å². The molecule has 1 amide bonds. The minimum Gasteiger partial charge on any atom is -0.295 e. The summed E-state index contributed by atoms with van der Waals surface area (Å²) in [6.45, 7) is 7.22.